The molecule has 4 N–H and O–H groups in total. The van der Waals surface area contributed by atoms with Gasteiger partial charge in [0.2, 0.25) is 5.91 Å². The van der Waals surface area contributed by atoms with Crippen LogP contribution in [0.15, 0.2) is 11.2 Å². The average Bonchev–Trinajstić information content (AvgIpc) is 2.86. The van der Waals surface area contributed by atoms with Crippen molar-refractivity contribution in [3.8, 4) is 0 Å². The van der Waals surface area contributed by atoms with Gasteiger partial charge in [0.25, 0.3) is 10.0 Å². The summed E-state index contributed by atoms with van der Waals surface area (Å²) in [6.45, 7) is 0.175. The number of aromatic carboxylic acids is 1. The molecule has 1 aromatic heterocycles. The summed E-state index contributed by atoms with van der Waals surface area (Å²) in [4.78, 5) is 21.7. The Balaban J connectivity index is 2.23. The lowest BCUT2D eigenvalue weighted by Crippen LogP contribution is -2.37. The van der Waals surface area contributed by atoms with Crippen LogP contribution in [0.1, 0.15) is 16.8 Å². The van der Waals surface area contributed by atoms with Crippen molar-refractivity contribution >= 4 is 21.9 Å². The molecule has 0 bridgehead atoms. The van der Waals surface area contributed by atoms with E-state index in [1.807, 2.05) is 0 Å². The van der Waals surface area contributed by atoms with Gasteiger partial charge in [-0.15, -0.1) is 0 Å². The number of hydrogen-bond acceptors (Lipinski definition) is 5. The van der Waals surface area contributed by atoms with E-state index in [9.17, 15) is 18.0 Å². The summed E-state index contributed by atoms with van der Waals surface area (Å²) in [7, 11) is -4.04. The van der Waals surface area contributed by atoms with E-state index in [0.29, 0.717) is 0 Å². The summed E-state index contributed by atoms with van der Waals surface area (Å²) in [6, 6.07) is -0.590. The summed E-state index contributed by atoms with van der Waals surface area (Å²) in [6.07, 6.45) is 0.935. The number of H-pyrrole nitrogens is 1. The van der Waals surface area contributed by atoms with E-state index >= 15 is 0 Å². The Morgan fingerprint density at radius 3 is 2.83 bits per heavy atom. The van der Waals surface area contributed by atoms with Crippen LogP contribution in [0.4, 0.5) is 0 Å². The van der Waals surface area contributed by atoms with Gasteiger partial charge in [-0.3, -0.25) is 9.89 Å². The second-order valence-corrected chi connectivity index (χ2v) is 5.40. The van der Waals surface area contributed by atoms with E-state index in [-0.39, 0.29) is 18.9 Å². The first kappa shape index (κ1) is 12.5. The molecule has 2 rings (SSSR count). The van der Waals surface area contributed by atoms with Crippen LogP contribution in [0.25, 0.3) is 0 Å². The lowest BCUT2D eigenvalue weighted by molar-refractivity contribution is -0.119. The average molecular weight is 274 g/mol. The van der Waals surface area contributed by atoms with Crippen LogP contribution in [0.5, 0.6) is 0 Å². The number of carboxylic acids is 1. The van der Waals surface area contributed by atoms with Gasteiger partial charge in [-0.1, -0.05) is 0 Å². The second kappa shape index (κ2) is 4.38. The van der Waals surface area contributed by atoms with Crippen LogP contribution in [-0.4, -0.2) is 48.2 Å². The summed E-state index contributed by atoms with van der Waals surface area (Å²) in [5.74, 6) is -1.66. The molecule has 1 atom stereocenters. The Hall–Kier alpha value is -1.94. The highest BCUT2D eigenvalue weighted by molar-refractivity contribution is 7.89. The summed E-state index contributed by atoms with van der Waals surface area (Å²) < 4.78 is 26.0. The predicted molar refractivity (Wildman–Crippen MR) is 57.3 cm³/mol. The molecule has 1 aliphatic heterocycles. The van der Waals surface area contributed by atoms with Crippen LogP contribution < -0.4 is 10.0 Å². The highest BCUT2D eigenvalue weighted by atomic mass is 32.2. The number of carboxylic acid groups (broad SMARTS) is 1. The highest BCUT2D eigenvalue weighted by Crippen LogP contribution is 2.13. The van der Waals surface area contributed by atoms with Crippen LogP contribution in [0.3, 0.4) is 0 Å². The van der Waals surface area contributed by atoms with Crippen molar-refractivity contribution in [2.24, 2.45) is 0 Å². The van der Waals surface area contributed by atoms with Gasteiger partial charge in [0.05, 0.1) is 6.20 Å². The fourth-order valence-corrected chi connectivity index (χ4v) is 2.92. The highest BCUT2D eigenvalue weighted by Gasteiger charge is 2.30. The van der Waals surface area contributed by atoms with Crippen molar-refractivity contribution in [3.05, 3.63) is 11.8 Å². The Kier molecular flexibility index (Phi) is 3.05. The van der Waals surface area contributed by atoms with Gasteiger partial charge in [-0.25, -0.2) is 17.9 Å². The predicted octanol–water partition coefficient (Wildman–Crippen LogP) is -1.73. The van der Waals surface area contributed by atoms with Crippen molar-refractivity contribution in [2.45, 2.75) is 17.5 Å². The summed E-state index contributed by atoms with van der Waals surface area (Å²) in [5, 5.41) is 16.3. The first-order valence-corrected chi connectivity index (χ1v) is 6.44. The zero-order chi connectivity index (χ0) is 13.3. The molecule has 1 unspecified atom stereocenters. The number of amides is 1. The lowest BCUT2D eigenvalue weighted by atomic mass is 10.3. The molecular weight excluding hydrogens is 264 g/mol. The molecular formula is C8H10N4O5S. The molecule has 0 aromatic carbocycles. The molecule has 0 spiro atoms. The van der Waals surface area contributed by atoms with Crippen molar-refractivity contribution in [1.82, 2.24) is 20.2 Å². The van der Waals surface area contributed by atoms with Crippen molar-refractivity contribution in [2.75, 3.05) is 6.54 Å². The van der Waals surface area contributed by atoms with E-state index in [2.05, 4.69) is 20.2 Å². The fourth-order valence-electron chi connectivity index (χ4n) is 1.60. The third-order valence-electron chi connectivity index (χ3n) is 2.40. The normalized spacial score (nSPS) is 19.8. The number of hydrogen-bond donors (Lipinski definition) is 4. The minimum atomic E-state index is -4.04. The molecule has 1 amide bonds. The third kappa shape index (κ3) is 2.33. The Bertz CT molecular complexity index is 592. The van der Waals surface area contributed by atoms with Gasteiger partial charge < -0.3 is 10.4 Å². The van der Waals surface area contributed by atoms with Gasteiger partial charge >= 0.3 is 5.97 Å². The van der Waals surface area contributed by atoms with Crippen LogP contribution in [0, 0.1) is 0 Å². The first-order valence-electron chi connectivity index (χ1n) is 4.96. The molecule has 1 saturated heterocycles. The largest absolute Gasteiger partial charge is 0.478 e. The van der Waals surface area contributed by atoms with Gasteiger partial charge in [0.15, 0.2) is 5.03 Å². The molecule has 0 radical (unpaired) electrons. The topological polar surface area (TPSA) is 141 Å². The summed E-state index contributed by atoms with van der Waals surface area (Å²) in [5.41, 5.74) is -0.445. The third-order valence-corrected chi connectivity index (χ3v) is 3.90. The van der Waals surface area contributed by atoms with Crippen LogP contribution in [0.2, 0.25) is 0 Å². The molecule has 1 aliphatic rings. The Morgan fingerprint density at radius 2 is 2.28 bits per heavy atom. The standard InChI is InChI=1S/C8H10N4O5S/c13-6-1-4(2-9-6)12-18(16,17)7-5(8(14)15)3-10-11-7/h3-4,12H,1-2H2,(H,9,13)(H,10,11)(H,14,15). The maximum Gasteiger partial charge on any atom is 0.340 e. The minimum Gasteiger partial charge on any atom is -0.478 e. The van der Waals surface area contributed by atoms with E-state index in [4.69, 9.17) is 5.11 Å². The van der Waals surface area contributed by atoms with Crippen LogP contribution >= 0.6 is 0 Å². The Morgan fingerprint density at radius 1 is 1.56 bits per heavy atom. The number of nitrogens with zero attached hydrogens (tertiary/aromatic N) is 1. The SMILES string of the molecule is O=C1CC(NS(=O)(=O)c2[nH]ncc2C(=O)O)CN1. The molecule has 2 heterocycles. The van der Waals surface area contributed by atoms with Gasteiger partial charge in [0, 0.05) is 19.0 Å². The number of sulfonamides is 1. The first-order chi connectivity index (χ1) is 8.40. The fraction of sp³-hybridized carbons (Fsp3) is 0.375. The molecule has 18 heavy (non-hydrogen) atoms. The zero-order valence-electron chi connectivity index (χ0n) is 9.00. The summed E-state index contributed by atoms with van der Waals surface area (Å²) >= 11 is 0. The van der Waals surface area contributed by atoms with Gasteiger partial charge in [0.1, 0.15) is 5.56 Å². The molecule has 98 valence electrons. The van der Waals surface area contributed by atoms with Crippen molar-refractivity contribution < 1.29 is 23.1 Å². The number of carbonyl (C=O) groups is 2. The quantitative estimate of drug-likeness (QED) is 0.514. The molecule has 0 saturated carbocycles. The van der Waals surface area contributed by atoms with E-state index in [1.54, 1.807) is 0 Å². The van der Waals surface area contributed by atoms with Crippen molar-refractivity contribution in [1.29, 1.82) is 0 Å². The maximum absolute atomic E-state index is 11.9. The Labute approximate surface area is 102 Å². The molecule has 9 nitrogen and oxygen atoms in total. The number of aromatic nitrogens is 2. The maximum atomic E-state index is 11.9. The number of carbonyl (C=O) groups excluding carboxylic acids is 1. The van der Waals surface area contributed by atoms with E-state index in [0.717, 1.165) is 6.20 Å². The molecule has 10 heteroatoms. The smallest absolute Gasteiger partial charge is 0.340 e. The van der Waals surface area contributed by atoms with Gasteiger partial charge in [-0.05, 0) is 0 Å². The number of nitrogens with one attached hydrogen (secondary N) is 3. The second-order valence-electron chi connectivity index (χ2n) is 3.74. The monoisotopic (exact) mass is 274 g/mol. The molecule has 0 aliphatic carbocycles. The lowest BCUT2D eigenvalue weighted by Gasteiger charge is -2.10. The van der Waals surface area contributed by atoms with E-state index < -0.39 is 32.6 Å². The minimum absolute atomic E-state index is 0.0236. The van der Waals surface area contributed by atoms with Crippen molar-refractivity contribution in [3.63, 3.8) is 0 Å². The van der Waals surface area contributed by atoms with Crippen LogP contribution in [-0.2, 0) is 14.8 Å². The van der Waals surface area contributed by atoms with E-state index in [1.165, 1.54) is 0 Å². The molecule has 1 fully saturated rings. The zero-order valence-corrected chi connectivity index (χ0v) is 9.82. The molecule has 1 aromatic rings. The van der Waals surface area contributed by atoms with Gasteiger partial charge in [-0.2, -0.15) is 5.10 Å². The number of rotatable bonds is 4. The number of aromatic amines is 1.